The standard InChI is InChI=1S/C18H32N2O4S2/c1-16(21)23-13-11-19-7-9-20(10-8-19)12-14-24-18(22)5-3-2-4-17-6-15-25-26-17/h17H,2-15H2,1H3. The number of piperazine rings is 1. The van der Waals surface area contributed by atoms with E-state index in [-0.39, 0.29) is 11.9 Å². The monoisotopic (exact) mass is 404 g/mol. The highest BCUT2D eigenvalue weighted by Gasteiger charge is 2.18. The number of carbonyl (C=O) groups excluding carboxylic acids is 2. The third-order valence-corrected chi connectivity index (χ3v) is 7.74. The molecule has 0 aliphatic carbocycles. The molecule has 150 valence electrons. The van der Waals surface area contributed by atoms with Crippen LogP contribution in [-0.4, -0.2) is 85.2 Å². The molecule has 2 fully saturated rings. The number of esters is 2. The summed E-state index contributed by atoms with van der Waals surface area (Å²) in [5, 5.41) is 0.795. The molecule has 2 saturated heterocycles. The number of hydrogen-bond acceptors (Lipinski definition) is 8. The second-order valence-corrected chi connectivity index (χ2v) is 9.61. The third-order valence-electron chi connectivity index (χ3n) is 4.73. The number of hydrogen-bond donors (Lipinski definition) is 0. The number of nitrogens with zero attached hydrogens (tertiary/aromatic N) is 2. The fourth-order valence-corrected chi connectivity index (χ4v) is 6.15. The Kier molecular flexibility index (Phi) is 10.8. The van der Waals surface area contributed by atoms with Gasteiger partial charge < -0.3 is 9.47 Å². The predicted molar refractivity (Wildman–Crippen MR) is 107 cm³/mol. The lowest BCUT2D eigenvalue weighted by molar-refractivity contribution is -0.144. The highest BCUT2D eigenvalue weighted by Crippen LogP contribution is 2.39. The van der Waals surface area contributed by atoms with Gasteiger partial charge in [-0.25, -0.2) is 0 Å². The van der Waals surface area contributed by atoms with Crippen LogP contribution in [0.5, 0.6) is 0 Å². The van der Waals surface area contributed by atoms with Gasteiger partial charge in [0.1, 0.15) is 13.2 Å². The minimum atomic E-state index is -0.220. The molecule has 0 bridgehead atoms. The summed E-state index contributed by atoms with van der Waals surface area (Å²) in [4.78, 5) is 27.2. The van der Waals surface area contributed by atoms with E-state index in [2.05, 4.69) is 9.80 Å². The van der Waals surface area contributed by atoms with Crippen molar-refractivity contribution >= 4 is 33.5 Å². The van der Waals surface area contributed by atoms with Crippen molar-refractivity contribution in [1.82, 2.24) is 9.80 Å². The molecule has 0 saturated carbocycles. The summed E-state index contributed by atoms with van der Waals surface area (Å²) < 4.78 is 10.4. The Morgan fingerprint density at radius 2 is 1.65 bits per heavy atom. The van der Waals surface area contributed by atoms with E-state index in [1.165, 1.54) is 25.5 Å². The van der Waals surface area contributed by atoms with Gasteiger partial charge in [-0.3, -0.25) is 19.4 Å². The van der Waals surface area contributed by atoms with Gasteiger partial charge in [0, 0.05) is 63.6 Å². The van der Waals surface area contributed by atoms with Crippen LogP contribution >= 0.6 is 21.6 Å². The normalized spacial score (nSPS) is 21.7. The second-order valence-electron chi connectivity index (χ2n) is 6.82. The number of unbranched alkanes of at least 4 members (excludes halogenated alkanes) is 1. The lowest BCUT2D eigenvalue weighted by atomic mass is 10.1. The Morgan fingerprint density at radius 3 is 2.23 bits per heavy atom. The Bertz CT molecular complexity index is 425. The van der Waals surface area contributed by atoms with Crippen molar-refractivity contribution in [2.75, 3.05) is 58.2 Å². The number of rotatable bonds is 11. The van der Waals surface area contributed by atoms with Gasteiger partial charge in [-0.05, 0) is 19.3 Å². The smallest absolute Gasteiger partial charge is 0.305 e. The van der Waals surface area contributed by atoms with Crippen molar-refractivity contribution in [2.24, 2.45) is 0 Å². The Hall–Kier alpha value is -0.440. The first-order chi connectivity index (χ1) is 12.6. The minimum Gasteiger partial charge on any atom is -0.465 e. The minimum absolute atomic E-state index is 0.0570. The van der Waals surface area contributed by atoms with Crippen LogP contribution in [0.1, 0.15) is 39.0 Å². The molecule has 2 aliphatic heterocycles. The topological polar surface area (TPSA) is 59.1 Å². The Labute approximate surface area is 165 Å². The highest BCUT2D eigenvalue weighted by molar-refractivity contribution is 8.77. The summed E-state index contributed by atoms with van der Waals surface area (Å²) >= 11 is 0. The molecule has 2 heterocycles. The molecule has 2 rings (SSSR count). The first-order valence-electron chi connectivity index (χ1n) is 9.65. The van der Waals surface area contributed by atoms with Crippen LogP contribution in [0.3, 0.4) is 0 Å². The lowest BCUT2D eigenvalue weighted by Crippen LogP contribution is -2.48. The molecule has 0 spiro atoms. The van der Waals surface area contributed by atoms with E-state index in [9.17, 15) is 9.59 Å². The number of ether oxygens (including phenoxy) is 2. The summed E-state index contributed by atoms with van der Waals surface area (Å²) in [6.07, 6.45) is 5.17. The molecule has 2 aliphatic rings. The molecule has 0 aromatic heterocycles. The van der Waals surface area contributed by atoms with Crippen LogP contribution in [0.2, 0.25) is 0 Å². The van der Waals surface area contributed by atoms with E-state index < -0.39 is 0 Å². The second kappa shape index (κ2) is 12.9. The van der Waals surface area contributed by atoms with E-state index in [1.54, 1.807) is 0 Å². The van der Waals surface area contributed by atoms with Gasteiger partial charge in [0.25, 0.3) is 0 Å². The average Bonchev–Trinajstić information content (AvgIpc) is 3.13. The van der Waals surface area contributed by atoms with Gasteiger partial charge in [0.15, 0.2) is 0 Å². The van der Waals surface area contributed by atoms with Crippen LogP contribution in [0.4, 0.5) is 0 Å². The quantitative estimate of drug-likeness (QED) is 0.296. The highest BCUT2D eigenvalue weighted by atomic mass is 33.1. The molecule has 6 nitrogen and oxygen atoms in total. The lowest BCUT2D eigenvalue weighted by Gasteiger charge is -2.34. The van der Waals surface area contributed by atoms with Crippen molar-refractivity contribution in [3.8, 4) is 0 Å². The summed E-state index contributed by atoms with van der Waals surface area (Å²) in [5.41, 5.74) is 0. The van der Waals surface area contributed by atoms with Crippen LogP contribution in [0.15, 0.2) is 0 Å². The maximum atomic E-state index is 11.8. The van der Waals surface area contributed by atoms with E-state index in [0.717, 1.165) is 57.4 Å². The van der Waals surface area contributed by atoms with Crippen LogP contribution < -0.4 is 0 Å². The molecule has 0 aromatic rings. The van der Waals surface area contributed by atoms with Crippen molar-refractivity contribution < 1.29 is 19.1 Å². The Balaban J connectivity index is 1.42. The van der Waals surface area contributed by atoms with E-state index in [0.29, 0.717) is 19.6 Å². The van der Waals surface area contributed by atoms with Gasteiger partial charge in [0.05, 0.1) is 0 Å². The molecule has 1 unspecified atom stereocenters. The van der Waals surface area contributed by atoms with Gasteiger partial charge in [-0.2, -0.15) is 0 Å². The van der Waals surface area contributed by atoms with Crippen LogP contribution in [0, 0.1) is 0 Å². The Morgan fingerprint density at radius 1 is 1.00 bits per heavy atom. The SMILES string of the molecule is CC(=O)OCCN1CCN(CCOC(=O)CCCCC2CCSS2)CC1. The summed E-state index contributed by atoms with van der Waals surface area (Å²) in [6.45, 7) is 7.85. The molecular weight excluding hydrogens is 372 g/mol. The maximum absolute atomic E-state index is 11.8. The molecule has 8 heteroatoms. The fourth-order valence-electron chi connectivity index (χ4n) is 3.12. The van der Waals surface area contributed by atoms with Crippen LogP contribution in [0.25, 0.3) is 0 Å². The maximum Gasteiger partial charge on any atom is 0.305 e. The van der Waals surface area contributed by atoms with Crippen LogP contribution in [-0.2, 0) is 19.1 Å². The van der Waals surface area contributed by atoms with E-state index in [4.69, 9.17) is 9.47 Å². The zero-order valence-electron chi connectivity index (χ0n) is 15.8. The first-order valence-corrected chi connectivity index (χ1v) is 12.0. The third kappa shape index (κ3) is 9.48. The average molecular weight is 405 g/mol. The summed E-state index contributed by atoms with van der Waals surface area (Å²) in [5.74, 6) is 0.998. The molecular formula is C18H32N2O4S2. The summed E-state index contributed by atoms with van der Waals surface area (Å²) in [6, 6.07) is 0. The van der Waals surface area contributed by atoms with Crippen molar-refractivity contribution in [3.63, 3.8) is 0 Å². The largest absolute Gasteiger partial charge is 0.465 e. The predicted octanol–water partition coefficient (Wildman–Crippen LogP) is 2.42. The van der Waals surface area contributed by atoms with Crippen molar-refractivity contribution in [2.45, 2.75) is 44.3 Å². The molecule has 0 amide bonds. The summed E-state index contributed by atoms with van der Waals surface area (Å²) in [7, 11) is 3.98. The van der Waals surface area contributed by atoms with Crippen molar-refractivity contribution in [1.29, 1.82) is 0 Å². The zero-order chi connectivity index (χ0) is 18.6. The number of carbonyl (C=O) groups is 2. The van der Waals surface area contributed by atoms with Crippen molar-refractivity contribution in [3.05, 3.63) is 0 Å². The zero-order valence-corrected chi connectivity index (χ0v) is 17.5. The van der Waals surface area contributed by atoms with Gasteiger partial charge in [-0.15, -0.1) is 0 Å². The van der Waals surface area contributed by atoms with Gasteiger partial charge in [-0.1, -0.05) is 28.0 Å². The van der Waals surface area contributed by atoms with E-state index in [1.807, 2.05) is 21.6 Å². The first kappa shape index (κ1) is 21.9. The molecule has 0 aromatic carbocycles. The fraction of sp³-hybridized carbons (Fsp3) is 0.889. The van der Waals surface area contributed by atoms with E-state index >= 15 is 0 Å². The van der Waals surface area contributed by atoms with Gasteiger partial charge in [0.2, 0.25) is 0 Å². The molecule has 0 radical (unpaired) electrons. The van der Waals surface area contributed by atoms with Gasteiger partial charge >= 0.3 is 11.9 Å². The molecule has 26 heavy (non-hydrogen) atoms. The molecule has 0 N–H and O–H groups in total. The molecule has 1 atom stereocenters.